The standard InChI is InChI=1S/C20H25N3O3.ClH/c1-4-26-18-13-15(20(25)23(2)3)9-11-17(18)22-19(24)12-10-14-7-5-6-8-16(14)21;/h5-9,11,13H,4,10,12,21H2,1-3H3,(H,22,24);1H. The Balaban J connectivity index is 0.00000364. The largest absolute Gasteiger partial charge is 0.492 e. The molecule has 7 heteroatoms. The molecule has 27 heavy (non-hydrogen) atoms. The molecule has 6 nitrogen and oxygen atoms in total. The zero-order valence-electron chi connectivity index (χ0n) is 15.8. The van der Waals surface area contributed by atoms with Gasteiger partial charge in [0.2, 0.25) is 5.91 Å². The van der Waals surface area contributed by atoms with E-state index < -0.39 is 0 Å². The van der Waals surface area contributed by atoms with Crippen LogP contribution in [0.25, 0.3) is 0 Å². The number of nitrogens with zero attached hydrogens (tertiary/aromatic N) is 1. The highest BCUT2D eigenvalue weighted by Gasteiger charge is 2.14. The first-order valence-corrected chi connectivity index (χ1v) is 8.54. The number of benzene rings is 2. The number of nitrogens with one attached hydrogen (secondary N) is 1. The fourth-order valence-electron chi connectivity index (χ4n) is 2.51. The number of carbonyl (C=O) groups is 2. The van der Waals surface area contributed by atoms with Gasteiger partial charge in [0, 0.05) is 31.8 Å². The molecule has 146 valence electrons. The molecular formula is C20H26ClN3O3. The van der Waals surface area contributed by atoms with Crippen molar-refractivity contribution >= 4 is 35.6 Å². The Kier molecular flexibility index (Phi) is 8.62. The summed E-state index contributed by atoms with van der Waals surface area (Å²) in [7, 11) is 3.38. The molecule has 3 N–H and O–H groups in total. The molecule has 0 bridgehead atoms. The molecule has 2 amide bonds. The molecule has 0 saturated carbocycles. The third kappa shape index (κ3) is 6.18. The van der Waals surface area contributed by atoms with Crippen LogP contribution in [0.2, 0.25) is 0 Å². The van der Waals surface area contributed by atoms with Gasteiger partial charge in [0.15, 0.2) is 0 Å². The molecule has 0 saturated heterocycles. The van der Waals surface area contributed by atoms with Crippen molar-refractivity contribution in [1.82, 2.24) is 4.90 Å². The molecule has 0 spiro atoms. The molecular weight excluding hydrogens is 366 g/mol. The molecule has 2 aromatic rings. The Morgan fingerprint density at radius 1 is 1.15 bits per heavy atom. The van der Waals surface area contributed by atoms with Gasteiger partial charge in [-0.25, -0.2) is 0 Å². The first-order valence-electron chi connectivity index (χ1n) is 8.54. The summed E-state index contributed by atoms with van der Waals surface area (Å²) in [5.41, 5.74) is 8.59. The number of hydrogen-bond donors (Lipinski definition) is 2. The topological polar surface area (TPSA) is 84.7 Å². The molecule has 0 fully saturated rings. The van der Waals surface area contributed by atoms with Crippen LogP contribution >= 0.6 is 12.4 Å². The number of aryl methyl sites for hydroxylation is 1. The number of rotatable bonds is 7. The SMILES string of the molecule is CCOc1cc(C(=O)N(C)C)ccc1NC(=O)CCc1ccccc1N.Cl. The molecule has 0 aromatic heterocycles. The van der Waals surface area contributed by atoms with Gasteiger partial charge in [0.25, 0.3) is 5.91 Å². The third-order valence-electron chi connectivity index (χ3n) is 3.89. The van der Waals surface area contributed by atoms with Gasteiger partial charge in [-0.05, 0) is 43.2 Å². The van der Waals surface area contributed by atoms with Gasteiger partial charge in [-0.3, -0.25) is 9.59 Å². The smallest absolute Gasteiger partial charge is 0.253 e. The monoisotopic (exact) mass is 391 g/mol. The van der Waals surface area contributed by atoms with Crippen LogP contribution in [0, 0.1) is 0 Å². The van der Waals surface area contributed by atoms with E-state index in [1.165, 1.54) is 4.90 Å². The number of carbonyl (C=O) groups excluding carboxylic acids is 2. The lowest BCUT2D eigenvalue weighted by atomic mass is 10.1. The van der Waals surface area contributed by atoms with E-state index in [0.29, 0.717) is 42.1 Å². The molecule has 0 aliphatic rings. The van der Waals surface area contributed by atoms with Gasteiger partial charge in [0.05, 0.1) is 12.3 Å². The Morgan fingerprint density at radius 2 is 1.85 bits per heavy atom. The number of nitrogens with two attached hydrogens (primary N) is 1. The summed E-state index contributed by atoms with van der Waals surface area (Å²) >= 11 is 0. The normalized spacial score (nSPS) is 9.89. The van der Waals surface area contributed by atoms with Crippen molar-refractivity contribution in [3.05, 3.63) is 53.6 Å². The second-order valence-electron chi connectivity index (χ2n) is 6.09. The van der Waals surface area contributed by atoms with Crippen LogP contribution in [0.3, 0.4) is 0 Å². The zero-order chi connectivity index (χ0) is 19.1. The Morgan fingerprint density at radius 3 is 2.48 bits per heavy atom. The predicted octanol–water partition coefficient (Wildman–Crippen LogP) is 3.36. The van der Waals surface area contributed by atoms with Gasteiger partial charge in [0.1, 0.15) is 5.75 Å². The minimum absolute atomic E-state index is 0. The number of hydrogen-bond acceptors (Lipinski definition) is 4. The van der Waals surface area contributed by atoms with E-state index in [9.17, 15) is 9.59 Å². The van der Waals surface area contributed by atoms with Crippen molar-refractivity contribution in [2.24, 2.45) is 0 Å². The number of halogens is 1. The van der Waals surface area contributed by atoms with Crippen LogP contribution < -0.4 is 15.8 Å². The third-order valence-corrected chi connectivity index (χ3v) is 3.89. The van der Waals surface area contributed by atoms with Crippen LogP contribution in [0.4, 0.5) is 11.4 Å². The maximum atomic E-state index is 12.3. The maximum Gasteiger partial charge on any atom is 0.253 e. The van der Waals surface area contributed by atoms with E-state index in [1.807, 2.05) is 31.2 Å². The second kappa shape index (κ2) is 10.4. The van der Waals surface area contributed by atoms with E-state index in [1.54, 1.807) is 32.3 Å². The average Bonchev–Trinajstić information content (AvgIpc) is 2.62. The molecule has 0 heterocycles. The van der Waals surface area contributed by atoms with E-state index in [-0.39, 0.29) is 24.2 Å². The van der Waals surface area contributed by atoms with E-state index in [4.69, 9.17) is 10.5 Å². The average molecular weight is 392 g/mol. The Labute approximate surface area is 166 Å². The second-order valence-corrected chi connectivity index (χ2v) is 6.09. The number of amides is 2. The summed E-state index contributed by atoms with van der Waals surface area (Å²) in [4.78, 5) is 25.9. The van der Waals surface area contributed by atoms with Crippen LogP contribution in [0.5, 0.6) is 5.75 Å². The van der Waals surface area contributed by atoms with Crippen molar-refractivity contribution in [2.75, 3.05) is 31.8 Å². The molecule has 0 aliphatic carbocycles. The van der Waals surface area contributed by atoms with Crippen molar-refractivity contribution in [3.63, 3.8) is 0 Å². The van der Waals surface area contributed by atoms with Crippen LogP contribution in [0.1, 0.15) is 29.3 Å². The maximum absolute atomic E-state index is 12.3. The van der Waals surface area contributed by atoms with Crippen molar-refractivity contribution in [2.45, 2.75) is 19.8 Å². The highest BCUT2D eigenvalue weighted by atomic mass is 35.5. The molecule has 2 aromatic carbocycles. The minimum Gasteiger partial charge on any atom is -0.492 e. The van der Waals surface area contributed by atoms with Gasteiger partial charge in [-0.1, -0.05) is 18.2 Å². The van der Waals surface area contributed by atoms with Crippen LogP contribution in [-0.4, -0.2) is 37.4 Å². The summed E-state index contributed by atoms with van der Waals surface area (Å²) in [5.74, 6) is 0.219. The lowest BCUT2D eigenvalue weighted by Crippen LogP contribution is -2.22. The Bertz CT molecular complexity index is 794. The van der Waals surface area contributed by atoms with E-state index in [0.717, 1.165) is 5.56 Å². The summed E-state index contributed by atoms with van der Waals surface area (Å²) in [5, 5.41) is 2.85. The summed E-state index contributed by atoms with van der Waals surface area (Å²) in [6.07, 6.45) is 0.859. The highest BCUT2D eigenvalue weighted by molar-refractivity contribution is 5.97. The number of ether oxygens (including phenoxy) is 1. The van der Waals surface area contributed by atoms with Gasteiger partial charge >= 0.3 is 0 Å². The molecule has 0 unspecified atom stereocenters. The van der Waals surface area contributed by atoms with E-state index in [2.05, 4.69) is 5.32 Å². The predicted molar refractivity (Wildman–Crippen MR) is 111 cm³/mol. The molecule has 0 aliphatic heterocycles. The number of anilines is 2. The number of nitrogen functional groups attached to an aromatic ring is 1. The highest BCUT2D eigenvalue weighted by Crippen LogP contribution is 2.27. The van der Waals surface area contributed by atoms with Crippen LogP contribution in [-0.2, 0) is 11.2 Å². The van der Waals surface area contributed by atoms with E-state index >= 15 is 0 Å². The molecule has 0 atom stereocenters. The van der Waals surface area contributed by atoms with Gasteiger partial charge in [-0.2, -0.15) is 0 Å². The summed E-state index contributed by atoms with van der Waals surface area (Å²) in [6, 6.07) is 12.5. The van der Waals surface area contributed by atoms with Gasteiger partial charge in [-0.15, -0.1) is 12.4 Å². The fourth-order valence-corrected chi connectivity index (χ4v) is 2.51. The summed E-state index contributed by atoms with van der Waals surface area (Å²) in [6.45, 7) is 2.28. The lowest BCUT2D eigenvalue weighted by Gasteiger charge is -2.15. The minimum atomic E-state index is -0.138. The summed E-state index contributed by atoms with van der Waals surface area (Å²) < 4.78 is 5.58. The number of para-hydroxylation sites is 1. The van der Waals surface area contributed by atoms with Crippen LogP contribution in [0.15, 0.2) is 42.5 Å². The quantitative estimate of drug-likeness (QED) is 0.709. The lowest BCUT2D eigenvalue weighted by molar-refractivity contribution is -0.116. The van der Waals surface area contributed by atoms with Crippen molar-refractivity contribution in [1.29, 1.82) is 0 Å². The Hall–Kier alpha value is -2.73. The first kappa shape index (κ1) is 22.3. The van der Waals surface area contributed by atoms with Gasteiger partial charge < -0.3 is 20.7 Å². The first-order chi connectivity index (χ1) is 12.4. The zero-order valence-corrected chi connectivity index (χ0v) is 16.6. The fraction of sp³-hybridized carbons (Fsp3) is 0.300. The van der Waals surface area contributed by atoms with Crippen molar-refractivity contribution < 1.29 is 14.3 Å². The molecule has 0 radical (unpaired) electrons. The van der Waals surface area contributed by atoms with Crippen molar-refractivity contribution in [3.8, 4) is 5.75 Å². The molecule has 2 rings (SSSR count).